The smallest absolute Gasteiger partial charge is 0.341 e. The Hall–Kier alpha value is -3.68. The van der Waals surface area contributed by atoms with Crippen molar-refractivity contribution < 1.29 is 38.4 Å². The molecule has 1 heterocycles. The van der Waals surface area contributed by atoms with Crippen LogP contribution in [0.1, 0.15) is 15.9 Å². The number of ether oxygens (including phenoxy) is 5. The van der Waals surface area contributed by atoms with E-state index in [0.717, 1.165) is 0 Å². The number of fused-ring (bicyclic) bond motifs is 1. The van der Waals surface area contributed by atoms with Crippen LogP contribution in [0.2, 0.25) is 0 Å². The predicted octanol–water partition coefficient (Wildman–Crippen LogP) is 2.83. The summed E-state index contributed by atoms with van der Waals surface area (Å²) in [6, 6.07) is 8.05. The van der Waals surface area contributed by atoms with Gasteiger partial charge in [0.25, 0.3) is 0 Å². The molecular formula is C21H20O8. The molecule has 0 amide bonds. The first kappa shape index (κ1) is 20.1. The van der Waals surface area contributed by atoms with Gasteiger partial charge in [-0.2, -0.15) is 0 Å². The maximum absolute atomic E-state index is 12.5. The minimum atomic E-state index is -1.11. The Morgan fingerprint density at radius 3 is 2.52 bits per heavy atom. The van der Waals surface area contributed by atoms with Crippen molar-refractivity contribution in [1.29, 1.82) is 0 Å². The zero-order valence-corrected chi connectivity index (χ0v) is 16.0. The van der Waals surface area contributed by atoms with Gasteiger partial charge in [-0.05, 0) is 42.0 Å². The largest absolute Gasteiger partial charge is 0.493 e. The molecular weight excluding hydrogens is 380 g/mol. The average Bonchev–Trinajstić information content (AvgIpc) is 2.75. The molecule has 8 heteroatoms. The maximum atomic E-state index is 12.5. The van der Waals surface area contributed by atoms with E-state index in [2.05, 4.69) is 0 Å². The van der Waals surface area contributed by atoms with Crippen LogP contribution in [0, 0.1) is 0 Å². The number of methoxy groups -OCH3 is 2. The van der Waals surface area contributed by atoms with Crippen molar-refractivity contribution in [2.24, 2.45) is 0 Å². The highest BCUT2D eigenvalue weighted by Gasteiger charge is 2.18. The van der Waals surface area contributed by atoms with Crippen molar-refractivity contribution in [3.05, 3.63) is 47.5 Å². The summed E-state index contributed by atoms with van der Waals surface area (Å²) >= 11 is 0. The Bertz CT molecular complexity index is 931. The third kappa shape index (κ3) is 4.78. The Labute approximate surface area is 167 Å². The number of hydrogen-bond acceptors (Lipinski definition) is 7. The number of carboxylic acid groups (broad SMARTS) is 1. The molecule has 2 aromatic carbocycles. The second-order valence-corrected chi connectivity index (χ2v) is 5.99. The normalized spacial score (nSPS) is 12.5. The lowest BCUT2D eigenvalue weighted by Gasteiger charge is -2.20. The van der Waals surface area contributed by atoms with Crippen molar-refractivity contribution in [3.63, 3.8) is 0 Å². The van der Waals surface area contributed by atoms with Gasteiger partial charge in [-0.25, -0.2) is 4.79 Å². The highest BCUT2D eigenvalue weighted by atomic mass is 16.6. The van der Waals surface area contributed by atoms with Gasteiger partial charge in [0.1, 0.15) is 13.2 Å². The van der Waals surface area contributed by atoms with Gasteiger partial charge in [-0.3, -0.25) is 4.79 Å². The lowest BCUT2D eigenvalue weighted by Crippen LogP contribution is -2.16. The van der Waals surface area contributed by atoms with Crippen LogP contribution in [0.15, 0.2) is 36.4 Å². The molecule has 0 spiro atoms. The summed E-state index contributed by atoms with van der Waals surface area (Å²) in [5.41, 5.74) is 1.08. The van der Waals surface area contributed by atoms with Crippen molar-refractivity contribution >= 4 is 17.8 Å². The van der Waals surface area contributed by atoms with E-state index in [9.17, 15) is 9.59 Å². The second kappa shape index (κ2) is 9.01. The zero-order valence-electron chi connectivity index (χ0n) is 16.0. The Morgan fingerprint density at radius 1 is 1.03 bits per heavy atom. The van der Waals surface area contributed by atoms with E-state index >= 15 is 0 Å². The number of ketones is 1. The third-order valence-electron chi connectivity index (χ3n) is 4.08. The molecule has 3 rings (SSSR count). The standard InChI is InChI=1S/C21H20O8/c1-25-17-11-14(4-6-16(17)29-12-20(23)24)15(22)5-3-13-9-18(26-2)21-19(10-13)27-7-8-28-21/h3-6,9-11H,7-8,12H2,1-2H3,(H,23,24)/b5-3+. The van der Waals surface area contributed by atoms with Crippen molar-refractivity contribution in [2.45, 2.75) is 0 Å². The number of carbonyl (C=O) groups excluding carboxylic acids is 1. The van der Waals surface area contributed by atoms with Crippen LogP contribution in [0.3, 0.4) is 0 Å². The van der Waals surface area contributed by atoms with Crippen LogP contribution in [-0.4, -0.2) is 50.9 Å². The number of carbonyl (C=O) groups is 2. The number of benzene rings is 2. The second-order valence-electron chi connectivity index (χ2n) is 5.99. The first-order chi connectivity index (χ1) is 14.0. The van der Waals surface area contributed by atoms with Gasteiger partial charge in [0, 0.05) is 5.56 Å². The molecule has 0 aromatic heterocycles. The molecule has 2 aromatic rings. The summed E-state index contributed by atoms with van der Waals surface area (Å²) in [6.07, 6.45) is 3.06. The molecule has 152 valence electrons. The highest BCUT2D eigenvalue weighted by molar-refractivity contribution is 6.07. The highest BCUT2D eigenvalue weighted by Crippen LogP contribution is 2.40. The Kier molecular flexibility index (Phi) is 6.23. The van der Waals surface area contributed by atoms with Crippen molar-refractivity contribution in [2.75, 3.05) is 34.0 Å². The van der Waals surface area contributed by atoms with Gasteiger partial charge in [0.2, 0.25) is 5.75 Å². The molecule has 0 radical (unpaired) electrons. The number of aliphatic carboxylic acids is 1. The van der Waals surface area contributed by atoms with Crippen LogP contribution >= 0.6 is 0 Å². The monoisotopic (exact) mass is 400 g/mol. The van der Waals surface area contributed by atoms with E-state index in [-0.39, 0.29) is 17.3 Å². The number of allylic oxidation sites excluding steroid dienone is 1. The molecule has 29 heavy (non-hydrogen) atoms. The van der Waals surface area contributed by atoms with Gasteiger partial charge in [0.05, 0.1) is 14.2 Å². The van der Waals surface area contributed by atoms with E-state index in [4.69, 9.17) is 28.8 Å². The molecule has 1 N–H and O–H groups in total. The fourth-order valence-electron chi connectivity index (χ4n) is 2.74. The molecule has 0 unspecified atom stereocenters. The van der Waals surface area contributed by atoms with Gasteiger partial charge in [-0.15, -0.1) is 0 Å². The summed E-state index contributed by atoms with van der Waals surface area (Å²) in [5, 5.41) is 8.72. The summed E-state index contributed by atoms with van der Waals surface area (Å²) in [5.74, 6) is 0.773. The van der Waals surface area contributed by atoms with Gasteiger partial charge >= 0.3 is 5.97 Å². The SMILES string of the molecule is COc1cc(C(=O)/C=C/c2cc(OC)c3c(c2)OCCO3)ccc1OCC(=O)O. The molecule has 1 aliphatic heterocycles. The van der Waals surface area contributed by atoms with Crippen LogP contribution in [-0.2, 0) is 4.79 Å². The van der Waals surface area contributed by atoms with Crippen LogP contribution in [0.4, 0.5) is 0 Å². The molecule has 0 aliphatic carbocycles. The summed E-state index contributed by atoms with van der Waals surface area (Å²) < 4.78 is 26.8. The third-order valence-corrected chi connectivity index (χ3v) is 4.08. The number of rotatable bonds is 8. The molecule has 0 fully saturated rings. The summed E-state index contributed by atoms with van der Waals surface area (Å²) in [7, 11) is 2.95. The van der Waals surface area contributed by atoms with Gasteiger partial charge in [-0.1, -0.05) is 6.08 Å². The molecule has 0 atom stereocenters. The van der Waals surface area contributed by atoms with Gasteiger partial charge < -0.3 is 28.8 Å². The quantitative estimate of drug-likeness (QED) is 0.533. The zero-order chi connectivity index (χ0) is 20.8. The minimum Gasteiger partial charge on any atom is -0.493 e. The van der Waals surface area contributed by atoms with Crippen molar-refractivity contribution in [3.8, 4) is 28.7 Å². The van der Waals surface area contributed by atoms with E-state index in [1.165, 1.54) is 38.5 Å². The Balaban J connectivity index is 1.79. The Morgan fingerprint density at radius 2 is 1.79 bits per heavy atom. The fraction of sp³-hybridized carbons (Fsp3) is 0.238. The minimum absolute atomic E-state index is 0.243. The summed E-state index contributed by atoms with van der Waals surface area (Å²) in [4.78, 5) is 23.2. The van der Waals surface area contributed by atoms with E-state index < -0.39 is 12.6 Å². The van der Waals surface area contributed by atoms with E-state index in [0.29, 0.717) is 41.6 Å². The lowest BCUT2D eigenvalue weighted by molar-refractivity contribution is -0.139. The molecule has 1 aliphatic rings. The molecule has 0 saturated carbocycles. The molecule has 0 saturated heterocycles. The van der Waals surface area contributed by atoms with Gasteiger partial charge in [0.15, 0.2) is 35.4 Å². The van der Waals surface area contributed by atoms with Crippen LogP contribution in [0.25, 0.3) is 6.08 Å². The first-order valence-electron chi connectivity index (χ1n) is 8.74. The van der Waals surface area contributed by atoms with E-state index in [1.807, 2.05) is 0 Å². The average molecular weight is 400 g/mol. The number of carboxylic acids is 1. The summed E-state index contributed by atoms with van der Waals surface area (Å²) in [6.45, 7) is 0.388. The van der Waals surface area contributed by atoms with Crippen LogP contribution < -0.4 is 23.7 Å². The first-order valence-corrected chi connectivity index (χ1v) is 8.74. The molecule has 0 bridgehead atoms. The lowest BCUT2D eigenvalue weighted by atomic mass is 10.1. The predicted molar refractivity (Wildman–Crippen MR) is 103 cm³/mol. The fourth-order valence-corrected chi connectivity index (χ4v) is 2.74. The maximum Gasteiger partial charge on any atom is 0.341 e. The number of hydrogen-bond donors (Lipinski definition) is 1. The van der Waals surface area contributed by atoms with Crippen LogP contribution in [0.5, 0.6) is 28.7 Å². The van der Waals surface area contributed by atoms with E-state index in [1.54, 1.807) is 18.2 Å². The van der Waals surface area contributed by atoms with Crippen molar-refractivity contribution in [1.82, 2.24) is 0 Å². The molecule has 8 nitrogen and oxygen atoms in total. The topological polar surface area (TPSA) is 101 Å².